The summed E-state index contributed by atoms with van der Waals surface area (Å²) in [7, 11) is 1.66. The molecule has 3 rings (SSSR count). The highest BCUT2D eigenvalue weighted by Crippen LogP contribution is 2.37. The van der Waals surface area contributed by atoms with Crippen molar-refractivity contribution in [3.8, 4) is 5.75 Å². The molecule has 3 nitrogen and oxygen atoms in total. The van der Waals surface area contributed by atoms with Gasteiger partial charge in [0, 0.05) is 17.3 Å². The van der Waals surface area contributed by atoms with Crippen LogP contribution in [0.25, 0.3) is 11.0 Å². The number of methoxy groups -OCH3 is 1. The van der Waals surface area contributed by atoms with Crippen LogP contribution in [-0.4, -0.2) is 12.6 Å². The maximum absolute atomic E-state index is 6.08. The quantitative estimate of drug-likeness (QED) is 0.880. The van der Waals surface area contributed by atoms with Gasteiger partial charge in [0.2, 0.25) is 0 Å². The number of benzene rings is 1. The minimum absolute atomic E-state index is 0.0864. The van der Waals surface area contributed by atoms with Crippen molar-refractivity contribution < 1.29 is 9.15 Å². The first kappa shape index (κ1) is 10.7. The molecule has 0 unspecified atom stereocenters. The average molecular weight is 231 g/mol. The number of hydrogen-bond donors (Lipinski definition) is 1. The summed E-state index contributed by atoms with van der Waals surface area (Å²) >= 11 is 0. The van der Waals surface area contributed by atoms with Crippen LogP contribution >= 0.6 is 0 Å². The Kier molecular flexibility index (Phi) is 2.37. The Bertz CT molecular complexity index is 540. The Hall–Kier alpha value is -1.48. The Balaban J connectivity index is 1.85. The molecule has 17 heavy (non-hydrogen) atoms. The van der Waals surface area contributed by atoms with E-state index in [1.165, 1.54) is 0 Å². The van der Waals surface area contributed by atoms with E-state index in [9.17, 15) is 0 Å². The minimum Gasteiger partial charge on any atom is -0.493 e. The molecule has 0 bridgehead atoms. The third-order valence-corrected chi connectivity index (χ3v) is 3.54. The molecule has 1 saturated carbocycles. The van der Waals surface area contributed by atoms with Gasteiger partial charge < -0.3 is 14.9 Å². The first-order chi connectivity index (χ1) is 8.20. The van der Waals surface area contributed by atoms with E-state index in [1.54, 1.807) is 7.11 Å². The van der Waals surface area contributed by atoms with Crippen LogP contribution in [0.5, 0.6) is 5.75 Å². The third kappa shape index (κ3) is 2.03. The second-order valence-electron chi connectivity index (χ2n) is 4.95. The van der Waals surface area contributed by atoms with Crippen molar-refractivity contribution in [3.05, 3.63) is 30.0 Å². The third-order valence-electron chi connectivity index (χ3n) is 3.54. The van der Waals surface area contributed by atoms with Crippen LogP contribution in [0, 0.1) is 0 Å². The van der Waals surface area contributed by atoms with Gasteiger partial charge in [-0.15, -0.1) is 0 Å². The van der Waals surface area contributed by atoms with Gasteiger partial charge in [0.05, 0.1) is 7.11 Å². The second kappa shape index (κ2) is 3.77. The number of nitrogens with two attached hydrogens (primary N) is 1. The summed E-state index contributed by atoms with van der Waals surface area (Å²) in [6, 6.07) is 8.02. The summed E-state index contributed by atoms with van der Waals surface area (Å²) < 4.78 is 11.1. The van der Waals surface area contributed by atoms with Crippen LogP contribution in [0.15, 0.2) is 28.7 Å². The van der Waals surface area contributed by atoms with Gasteiger partial charge in [0.1, 0.15) is 5.76 Å². The predicted molar refractivity (Wildman–Crippen MR) is 67.2 cm³/mol. The lowest BCUT2D eigenvalue weighted by Gasteiger charge is -2.05. The number of fused-ring (bicyclic) bond motifs is 1. The van der Waals surface area contributed by atoms with Crippen molar-refractivity contribution in [3.63, 3.8) is 0 Å². The summed E-state index contributed by atoms with van der Waals surface area (Å²) in [6.07, 6.45) is 4.22. The molecular weight excluding hydrogens is 214 g/mol. The fraction of sp³-hybridized carbons (Fsp3) is 0.429. The highest BCUT2D eigenvalue weighted by atomic mass is 16.5. The molecule has 90 valence electrons. The first-order valence-electron chi connectivity index (χ1n) is 6.04. The lowest BCUT2D eigenvalue weighted by molar-refractivity contribution is 0.406. The molecule has 0 amide bonds. The number of rotatable bonds is 4. The predicted octanol–water partition coefficient (Wildman–Crippen LogP) is 2.87. The van der Waals surface area contributed by atoms with E-state index < -0.39 is 0 Å². The average Bonchev–Trinajstić information content (AvgIpc) is 2.92. The standard InChI is InChI=1S/C14H17NO2/c1-16-12-4-2-3-10-9-11(17-13(10)12)5-6-14(15)7-8-14/h2-4,9H,5-8,15H2,1H3. The summed E-state index contributed by atoms with van der Waals surface area (Å²) in [5, 5.41) is 1.10. The Morgan fingerprint density at radius 2 is 2.24 bits per heavy atom. The van der Waals surface area contributed by atoms with Crippen molar-refractivity contribution >= 4 is 11.0 Å². The normalized spacial score (nSPS) is 17.3. The van der Waals surface area contributed by atoms with Crippen molar-refractivity contribution in [2.24, 2.45) is 5.73 Å². The molecule has 1 aromatic heterocycles. The summed E-state index contributed by atoms with van der Waals surface area (Å²) in [4.78, 5) is 0. The largest absolute Gasteiger partial charge is 0.493 e. The highest BCUT2D eigenvalue weighted by Gasteiger charge is 2.37. The molecule has 0 spiro atoms. The maximum Gasteiger partial charge on any atom is 0.176 e. The Morgan fingerprint density at radius 1 is 1.41 bits per heavy atom. The fourth-order valence-corrected chi connectivity index (χ4v) is 2.16. The van der Waals surface area contributed by atoms with Crippen LogP contribution < -0.4 is 10.5 Å². The number of furan rings is 1. The lowest BCUT2D eigenvalue weighted by atomic mass is 10.1. The van der Waals surface area contributed by atoms with Gasteiger partial charge in [0.15, 0.2) is 11.3 Å². The van der Waals surface area contributed by atoms with Gasteiger partial charge in [-0.25, -0.2) is 0 Å². The minimum atomic E-state index is 0.0864. The van der Waals surface area contributed by atoms with Gasteiger partial charge >= 0.3 is 0 Å². The van der Waals surface area contributed by atoms with Crippen molar-refractivity contribution in [2.75, 3.05) is 7.11 Å². The van der Waals surface area contributed by atoms with Gasteiger partial charge in [-0.05, 0) is 31.4 Å². The topological polar surface area (TPSA) is 48.4 Å². The Labute approximate surface area is 101 Å². The van der Waals surface area contributed by atoms with Gasteiger partial charge in [-0.2, -0.15) is 0 Å². The SMILES string of the molecule is COc1cccc2cc(CCC3(N)CC3)oc12. The zero-order chi connectivity index (χ0) is 11.9. The molecule has 0 saturated heterocycles. The summed E-state index contributed by atoms with van der Waals surface area (Å²) in [5.41, 5.74) is 7.00. The number of ether oxygens (including phenoxy) is 1. The fourth-order valence-electron chi connectivity index (χ4n) is 2.16. The van der Waals surface area contributed by atoms with E-state index in [-0.39, 0.29) is 5.54 Å². The van der Waals surface area contributed by atoms with E-state index in [2.05, 4.69) is 6.07 Å². The van der Waals surface area contributed by atoms with Crippen LogP contribution in [0.4, 0.5) is 0 Å². The van der Waals surface area contributed by atoms with E-state index in [1.807, 2.05) is 18.2 Å². The lowest BCUT2D eigenvalue weighted by Crippen LogP contribution is -2.21. The first-order valence-corrected chi connectivity index (χ1v) is 6.04. The van der Waals surface area contributed by atoms with Crippen molar-refractivity contribution in [1.29, 1.82) is 0 Å². The molecule has 1 heterocycles. The van der Waals surface area contributed by atoms with E-state index in [4.69, 9.17) is 14.9 Å². The molecule has 2 N–H and O–H groups in total. The summed E-state index contributed by atoms with van der Waals surface area (Å²) in [5.74, 6) is 1.80. The van der Waals surface area contributed by atoms with E-state index in [0.717, 1.165) is 48.2 Å². The smallest absolute Gasteiger partial charge is 0.176 e. The van der Waals surface area contributed by atoms with Crippen LogP contribution in [0.3, 0.4) is 0 Å². The van der Waals surface area contributed by atoms with E-state index >= 15 is 0 Å². The van der Waals surface area contributed by atoms with Crippen LogP contribution in [0.2, 0.25) is 0 Å². The van der Waals surface area contributed by atoms with Gasteiger partial charge in [-0.3, -0.25) is 0 Å². The molecule has 1 aliphatic rings. The number of aryl methyl sites for hydroxylation is 1. The van der Waals surface area contributed by atoms with Gasteiger partial charge in [-0.1, -0.05) is 12.1 Å². The molecule has 0 aliphatic heterocycles. The molecule has 1 aliphatic carbocycles. The zero-order valence-electron chi connectivity index (χ0n) is 10.0. The molecule has 0 atom stereocenters. The zero-order valence-corrected chi connectivity index (χ0v) is 10.0. The number of para-hydroxylation sites is 1. The molecular formula is C14H17NO2. The van der Waals surface area contributed by atoms with Crippen LogP contribution in [-0.2, 0) is 6.42 Å². The molecule has 1 fully saturated rings. The maximum atomic E-state index is 6.08. The van der Waals surface area contributed by atoms with Gasteiger partial charge in [0.25, 0.3) is 0 Å². The highest BCUT2D eigenvalue weighted by molar-refractivity contribution is 5.83. The molecule has 0 radical (unpaired) electrons. The summed E-state index contributed by atoms with van der Waals surface area (Å²) in [6.45, 7) is 0. The molecule has 3 heteroatoms. The van der Waals surface area contributed by atoms with Crippen molar-refractivity contribution in [1.82, 2.24) is 0 Å². The molecule has 1 aromatic carbocycles. The van der Waals surface area contributed by atoms with Crippen molar-refractivity contribution in [2.45, 2.75) is 31.2 Å². The van der Waals surface area contributed by atoms with E-state index in [0.29, 0.717) is 0 Å². The molecule has 2 aromatic rings. The van der Waals surface area contributed by atoms with Crippen LogP contribution in [0.1, 0.15) is 25.0 Å². The second-order valence-corrected chi connectivity index (χ2v) is 4.95. The Morgan fingerprint density at radius 3 is 2.94 bits per heavy atom. The monoisotopic (exact) mass is 231 g/mol. The number of hydrogen-bond acceptors (Lipinski definition) is 3.